The van der Waals surface area contributed by atoms with E-state index in [1.165, 1.54) is 0 Å². The van der Waals surface area contributed by atoms with Gasteiger partial charge in [0.05, 0.1) is 0 Å². The van der Waals surface area contributed by atoms with Crippen LogP contribution in [0.3, 0.4) is 0 Å². The van der Waals surface area contributed by atoms with Gasteiger partial charge in [-0.15, -0.1) is 0 Å². The summed E-state index contributed by atoms with van der Waals surface area (Å²) in [6, 6.07) is 8.48. The molecule has 2 atom stereocenters. The highest BCUT2D eigenvalue weighted by atomic mass is 79.9. The van der Waals surface area contributed by atoms with Crippen LogP contribution in [0.15, 0.2) is 34.8 Å². The molecule has 1 aromatic rings. The van der Waals surface area contributed by atoms with Gasteiger partial charge in [-0.25, -0.2) is 0 Å². The number of hydrogen-bond acceptors (Lipinski definition) is 1. The normalized spacial score (nSPS) is 14.2. The van der Waals surface area contributed by atoms with E-state index in [1.807, 2.05) is 35.2 Å². The van der Waals surface area contributed by atoms with Gasteiger partial charge in [0.25, 0.3) is 0 Å². The van der Waals surface area contributed by atoms with Gasteiger partial charge < -0.3 is 4.90 Å². The van der Waals surface area contributed by atoms with Gasteiger partial charge in [-0.05, 0) is 50.5 Å². The fraction of sp³-hybridized carbons (Fsp3) is 0.471. The molecule has 0 fully saturated rings. The van der Waals surface area contributed by atoms with Crippen molar-refractivity contribution in [3.63, 3.8) is 0 Å². The number of nitrogens with zero attached hydrogens (tertiary/aromatic N) is 1. The number of rotatable bonds is 6. The molecule has 3 heteroatoms. The van der Waals surface area contributed by atoms with E-state index in [0.29, 0.717) is 0 Å². The molecule has 0 radical (unpaired) electrons. The summed E-state index contributed by atoms with van der Waals surface area (Å²) in [5, 5.41) is 0. The van der Waals surface area contributed by atoms with Crippen molar-refractivity contribution < 1.29 is 4.79 Å². The third-order valence-corrected chi connectivity index (χ3v) is 4.20. The highest BCUT2D eigenvalue weighted by molar-refractivity contribution is 9.10. The second-order valence-electron chi connectivity index (χ2n) is 5.14. The number of amides is 1. The Balaban J connectivity index is 2.82. The van der Waals surface area contributed by atoms with Gasteiger partial charge in [-0.3, -0.25) is 4.79 Å². The molecule has 2 nitrogen and oxygen atoms in total. The van der Waals surface area contributed by atoms with Crippen LogP contribution in [0.4, 0.5) is 0 Å². The maximum Gasteiger partial charge on any atom is 0.247 e. The molecule has 0 aliphatic carbocycles. The molecule has 1 amide bonds. The van der Waals surface area contributed by atoms with Crippen LogP contribution in [0.2, 0.25) is 0 Å². The molecule has 110 valence electrons. The lowest BCUT2D eigenvalue weighted by atomic mass is 10.1. The van der Waals surface area contributed by atoms with Crippen molar-refractivity contribution in [3.8, 4) is 0 Å². The van der Waals surface area contributed by atoms with Crippen LogP contribution >= 0.6 is 15.9 Å². The first kappa shape index (κ1) is 17.0. The van der Waals surface area contributed by atoms with E-state index in [1.54, 1.807) is 6.08 Å². The van der Waals surface area contributed by atoms with Crippen molar-refractivity contribution in [3.05, 3.63) is 40.4 Å². The van der Waals surface area contributed by atoms with Crippen LogP contribution in [0, 0.1) is 0 Å². The van der Waals surface area contributed by atoms with Crippen molar-refractivity contribution in [1.82, 2.24) is 4.90 Å². The quantitative estimate of drug-likeness (QED) is 0.677. The predicted octanol–water partition coefficient (Wildman–Crippen LogP) is 4.89. The highest BCUT2D eigenvalue weighted by Gasteiger charge is 2.21. The number of carbonyl (C=O) groups excluding carboxylic acids is 1. The van der Waals surface area contributed by atoms with Crippen LogP contribution in [-0.4, -0.2) is 22.9 Å². The molecule has 1 aromatic carbocycles. The highest BCUT2D eigenvalue weighted by Crippen LogP contribution is 2.15. The average molecular weight is 338 g/mol. The smallest absolute Gasteiger partial charge is 0.247 e. The van der Waals surface area contributed by atoms with Crippen molar-refractivity contribution in [2.75, 3.05) is 0 Å². The van der Waals surface area contributed by atoms with E-state index in [2.05, 4.69) is 43.6 Å². The van der Waals surface area contributed by atoms with Crippen LogP contribution < -0.4 is 0 Å². The summed E-state index contributed by atoms with van der Waals surface area (Å²) in [7, 11) is 0. The molecule has 2 unspecified atom stereocenters. The molecular weight excluding hydrogens is 314 g/mol. The minimum absolute atomic E-state index is 0.0941. The zero-order valence-electron chi connectivity index (χ0n) is 12.8. The van der Waals surface area contributed by atoms with Crippen molar-refractivity contribution in [2.24, 2.45) is 0 Å². The zero-order chi connectivity index (χ0) is 15.1. The summed E-state index contributed by atoms with van der Waals surface area (Å²) in [5.41, 5.74) is 1.04. The van der Waals surface area contributed by atoms with Crippen LogP contribution in [0.1, 0.15) is 46.1 Å². The molecule has 20 heavy (non-hydrogen) atoms. The standard InChI is InChI=1S/C17H24BrNO/c1-5-13(3)19(14(4)6-2)17(20)12-9-15-7-10-16(18)11-8-15/h7-14H,5-6H2,1-4H3/b12-9+. The van der Waals surface area contributed by atoms with E-state index in [0.717, 1.165) is 22.9 Å². The Morgan fingerprint density at radius 1 is 1.15 bits per heavy atom. The molecule has 0 spiro atoms. The van der Waals surface area contributed by atoms with Crippen molar-refractivity contribution in [2.45, 2.75) is 52.6 Å². The predicted molar refractivity (Wildman–Crippen MR) is 89.5 cm³/mol. The lowest BCUT2D eigenvalue weighted by Gasteiger charge is -2.33. The minimum Gasteiger partial charge on any atom is -0.334 e. The summed E-state index contributed by atoms with van der Waals surface area (Å²) >= 11 is 3.41. The average Bonchev–Trinajstić information content (AvgIpc) is 2.46. The van der Waals surface area contributed by atoms with E-state index >= 15 is 0 Å². The number of hydrogen-bond donors (Lipinski definition) is 0. The second-order valence-corrected chi connectivity index (χ2v) is 6.06. The minimum atomic E-state index is 0.0941. The molecule has 0 saturated carbocycles. The third kappa shape index (κ3) is 4.78. The second kappa shape index (κ2) is 8.25. The fourth-order valence-electron chi connectivity index (χ4n) is 2.09. The maximum atomic E-state index is 12.4. The maximum absolute atomic E-state index is 12.4. The lowest BCUT2D eigenvalue weighted by Crippen LogP contribution is -2.43. The third-order valence-electron chi connectivity index (χ3n) is 3.67. The topological polar surface area (TPSA) is 20.3 Å². The molecule has 1 rings (SSSR count). The van der Waals surface area contributed by atoms with Crippen LogP contribution in [-0.2, 0) is 4.79 Å². The first-order valence-corrected chi connectivity index (χ1v) is 8.04. The Hall–Kier alpha value is -1.09. The fourth-order valence-corrected chi connectivity index (χ4v) is 2.35. The van der Waals surface area contributed by atoms with Gasteiger partial charge in [0.2, 0.25) is 5.91 Å². The largest absolute Gasteiger partial charge is 0.334 e. The Morgan fingerprint density at radius 3 is 2.10 bits per heavy atom. The molecule has 0 aromatic heterocycles. The molecule has 0 saturated heterocycles. The molecule has 0 heterocycles. The van der Waals surface area contributed by atoms with E-state index < -0.39 is 0 Å². The SMILES string of the molecule is CCC(C)N(C(=O)/C=C/c1ccc(Br)cc1)C(C)CC. The summed E-state index contributed by atoms with van der Waals surface area (Å²) < 4.78 is 1.04. The van der Waals surface area contributed by atoms with Crippen molar-refractivity contribution in [1.29, 1.82) is 0 Å². The van der Waals surface area contributed by atoms with Gasteiger partial charge in [-0.2, -0.15) is 0 Å². The van der Waals surface area contributed by atoms with E-state index in [9.17, 15) is 4.79 Å². The Bertz CT molecular complexity index is 443. The molecule has 0 aliphatic heterocycles. The molecule has 0 bridgehead atoms. The number of carbonyl (C=O) groups is 1. The Labute approximate surface area is 131 Å². The first-order valence-electron chi connectivity index (χ1n) is 7.25. The number of benzene rings is 1. The van der Waals surface area contributed by atoms with Gasteiger partial charge in [0, 0.05) is 22.6 Å². The summed E-state index contributed by atoms with van der Waals surface area (Å²) in [5.74, 6) is 0.0941. The van der Waals surface area contributed by atoms with Gasteiger partial charge in [0.15, 0.2) is 0 Å². The van der Waals surface area contributed by atoms with Crippen LogP contribution in [0.25, 0.3) is 6.08 Å². The van der Waals surface area contributed by atoms with Gasteiger partial charge in [0.1, 0.15) is 0 Å². The van der Waals surface area contributed by atoms with Crippen LogP contribution in [0.5, 0.6) is 0 Å². The van der Waals surface area contributed by atoms with Gasteiger partial charge >= 0.3 is 0 Å². The lowest BCUT2D eigenvalue weighted by molar-refractivity contribution is -0.130. The van der Waals surface area contributed by atoms with Crippen molar-refractivity contribution >= 4 is 27.9 Å². The van der Waals surface area contributed by atoms with Gasteiger partial charge in [-0.1, -0.05) is 41.9 Å². The Morgan fingerprint density at radius 2 is 1.65 bits per heavy atom. The van der Waals surface area contributed by atoms with E-state index in [-0.39, 0.29) is 18.0 Å². The van der Waals surface area contributed by atoms with E-state index in [4.69, 9.17) is 0 Å². The molecule has 0 N–H and O–H groups in total. The molecular formula is C17H24BrNO. The summed E-state index contributed by atoms with van der Waals surface area (Å²) in [6.45, 7) is 8.45. The number of halogens is 1. The Kier molecular flexibility index (Phi) is 7.00. The summed E-state index contributed by atoms with van der Waals surface area (Å²) in [4.78, 5) is 14.4. The monoisotopic (exact) mass is 337 g/mol. The molecule has 0 aliphatic rings. The summed E-state index contributed by atoms with van der Waals surface area (Å²) in [6.07, 6.45) is 5.51. The zero-order valence-corrected chi connectivity index (χ0v) is 14.4. The first-order chi connectivity index (χ1) is 9.49.